The number of hydrogen-bond donors (Lipinski definition) is 8. The molecule has 780 valence electrons. The molecule has 148 heavy (non-hydrogen) atoms. The maximum Gasteiger partial charge on any atom is 0.229 e. The first-order valence-electron chi connectivity index (χ1n) is 47.6. The van der Waals surface area contributed by atoms with E-state index in [9.17, 15) is 36.3 Å². The van der Waals surface area contributed by atoms with Gasteiger partial charge in [-0.25, -0.2) is 38.3 Å². The fourth-order valence-electron chi connectivity index (χ4n) is 16.0. The van der Waals surface area contributed by atoms with Crippen molar-refractivity contribution in [3.63, 3.8) is 0 Å². The summed E-state index contributed by atoms with van der Waals surface area (Å²) < 4.78 is 105. The van der Waals surface area contributed by atoms with Crippen LogP contribution < -0.4 is 97.4 Å². The van der Waals surface area contributed by atoms with Crippen LogP contribution in [0.5, 0.6) is 23.0 Å². The summed E-state index contributed by atoms with van der Waals surface area (Å²) >= 11 is 25.6. The number of aromatic nitrogens is 10. The number of nitrogens with one attached hydrogen (secondary N) is 8. The standard InChI is InChI=1S/C27H32ClN6O3P.C27H34ClN6O3P.C26H33ClN5O5PS.C23H22ClN6O2P/c1-37-23-16-19(33-12-14-34(15-13-33)26(35)18-8-9-18)10-11-21(23)31-27-29-17-20(28)25(32-27)30-22-6-4-5-7-24(22)38(2,3)36;1-5-20(35)18-33-12-14-34(15-13-33)19-10-11-22(24(16-19)37-2)31-27-29-17-21(28)26(32-27)30-23-8-6-7-9-25(23)38(3,4)36;1-17(2)39(34,35)24-14-18(32-10-12-37-13-11-32)6-8-22(24)29-25-20(27)16-28-26(31-25)30-21-9-7-19(38(4,5)33)15-23(21)36-3;1-32-20-13-15(33(2,3)31)9-10-19(20)29-23-27-14-17(24)22(30-23)28-18-8-5-4-7-16(18)21-25-11-6-12-26-21/h4-7,10-11,16-18H,8-9,12-15H2,1-3H3,(H2,29,30,31,32);6-11,16-17H,5,12-15,18H2,1-4H3,(H2,29,30,31,32);6-9,14-17H,10-13H2,1-5H3,(H2,28,29,30,31);4-14H,1-3H3,(H2,27,28,29,30). The number of anilines is 19. The van der Waals surface area contributed by atoms with Gasteiger partial charge < -0.3 is 104 Å². The van der Waals surface area contributed by atoms with Gasteiger partial charge >= 0.3 is 0 Å². The van der Waals surface area contributed by atoms with Crippen LogP contribution in [0.1, 0.15) is 40.0 Å². The van der Waals surface area contributed by atoms with E-state index in [0.29, 0.717) is 169 Å². The number of Topliss-reactive ketones (excluding diaryl/α,β-unsaturated/α-hetero) is 1. The van der Waals surface area contributed by atoms with Crippen molar-refractivity contribution >= 4 is 227 Å². The molecule has 4 aliphatic rings. The van der Waals surface area contributed by atoms with Gasteiger partial charge in [0.25, 0.3) is 0 Å². The normalized spacial score (nSPS) is 14.0. The zero-order valence-corrected chi connectivity index (χ0v) is 92.2. The van der Waals surface area contributed by atoms with Gasteiger partial charge in [-0.2, -0.15) is 19.9 Å². The summed E-state index contributed by atoms with van der Waals surface area (Å²) in [6, 6.07) is 52.0. The Bertz CT molecular complexity index is 7260. The molecule has 1 saturated carbocycles. The average molecular weight is 2190 g/mol. The fraction of sp³-hybridized carbons (Fsp3) is 0.320. The Balaban J connectivity index is 0.000000156. The molecule has 8 N–H and O–H groups in total. The number of para-hydroxylation sites is 3. The lowest BCUT2D eigenvalue weighted by Gasteiger charge is -2.36. The number of sulfone groups is 1. The minimum atomic E-state index is -3.65. The molecule has 0 atom stereocenters. The van der Waals surface area contributed by atoms with Gasteiger partial charge in [-0.15, -0.1) is 0 Å². The van der Waals surface area contributed by atoms with Crippen LogP contribution in [-0.4, -0.2) is 252 Å². The van der Waals surface area contributed by atoms with E-state index in [1.165, 1.54) is 31.9 Å². The third-order valence-electron chi connectivity index (χ3n) is 24.3. The van der Waals surface area contributed by atoms with Gasteiger partial charge in [0.05, 0.1) is 129 Å². The largest absolute Gasteiger partial charge is 0.495 e. The Morgan fingerprint density at radius 2 is 0.757 bits per heavy atom. The summed E-state index contributed by atoms with van der Waals surface area (Å²) in [7, 11) is -7.26. The molecule has 1 amide bonds. The van der Waals surface area contributed by atoms with Crippen LogP contribution in [0.2, 0.25) is 20.1 Å². The van der Waals surface area contributed by atoms with Crippen LogP contribution >= 0.6 is 75.0 Å². The number of ether oxygens (including phenoxy) is 5. The third-order valence-corrected chi connectivity index (χ3v) is 33.8. The summed E-state index contributed by atoms with van der Waals surface area (Å²) in [4.78, 5) is 79.1. The number of morpholine rings is 1. The number of piperazine rings is 2. The van der Waals surface area contributed by atoms with Gasteiger partial charge in [0, 0.05) is 146 Å². The highest BCUT2D eigenvalue weighted by atomic mass is 35.5. The second kappa shape index (κ2) is 49.6. The number of halogens is 4. The number of amides is 1. The van der Waals surface area contributed by atoms with Gasteiger partial charge in [0.2, 0.25) is 29.7 Å². The van der Waals surface area contributed by atoms with Crippen LogP contribution in [0.25, 0.3) is 11.4 Å². The van der Waals surface area contributed by atoms with E-state index < -0.39 is 43.7 Å². The lowest BCUT2D eigenvalue weighted by atomic mass is 10.1. The quantitative estimate of drug-likeness (QED) is 0.0174. The molecule has 0 bridgehead atoms. The molecule has 8 heterocycles. The number of benzene rings is 8. The van der Waals surface area contributed by atoms with Crippen LogP contribution in [0.15, 0.2) is 212 Å². The zero-order valence-electron chi connectivity index (χ0n) is 84.8. The van der Waals surface area contributed by atoms with Gasteiger partial charge in [-0.3, -0.25) is 14.5 Å². The van der Waals surface area contributed by atoms with Crippen molar-refractivity contribution in [2.24, 2.45) is 5.92 Å². The Morgan fingerprint density at radius 3 is 1.14 bits per heavy atom. The first kappa shape index (κ1) is 111. The molecular formula is C103H121Cl4N23O13P4S. The summed E-state index contributed by atoms with van der Waals surface area (Å²) in [5.74, 6) is 6.40. The molecule has 3 saturated heterocycles. The first-order chi connectivity index (χ1) is 70.6. The SMILES string of the molecule is CCC(=O)CN1CCN(c2ccc(Nc3ncc(Cl)c(Nc4ccccc4P(C)(C)=O)n3)c(OC)c2)CC1.COc1cc(N2CCN(C(=O)C3CC3)CC2)ccc1Nc1ncc(Cl)c(Nc2ccccc2P(C)(C)=O)n1.COc1cc(P(C)(C)=O)ccc1Nc1ncc(Cl)c(Nc2ccc(N3CCOCC3)cc2S(=O)(=O)C(C)C)n1.COc1cc(P(C)(C)=O)ccc1Nc1ncc(Cl)c(Nc2ccccc2-c2ncccn2)n1. The van der Waals surface area contributed by atoms with Crippen molar-refractivity contribution in [3.05, 3.63) is 227 Å². The Labute approximate surface area is 882 Å². The summed E-state index contributed by atoms with van der Waals surface area (Å²) in [5, 5.41) is 28.9. The van der Waals surface area contributed by atoms with Crippen LogP contribution in [0, 0.1) is 5.92 Å². The minimum Gasteiger partial charge on any atom is -0.495 e. The predicted molar refractivity (Wildman–Crippen MR) is 600 cm³/mol. The topological polar surface area (TPSA) is 424 Å². The number of hydrogen-bond acceptors (Lipinski definition) is 35. The van der Waals surface area contributed by atoms with Crippen LogP contribution in [0.3, 0.4) is 0 Å². The second-order valence-electron chi connectivity index (χ2n) is 36.8. The molecule has 5 aromatic heterocycles. The van der Waals surface area contributed by atoms with Gasteiger partial charge in [-0.05, 0) is 201 Å². The molecule has 0 radical (unpaired) electrons. The highest BCUT2D eigenvalue weighted by Crippen LogP contribution is 2.46. The smallest absolute Gasteiger partial charge is 0.229 e. The molecule has 1 aliphatic carbocycles. The number of carbonyl (C=O) groups excluding carboxylic acids is 2. The highest BCUT2D eigenvalue weighted by molar-refractivity contribution is 7.92. The van der Waals surface area contributed by atoms with Gasteiger partial charge in [0.15, 0.2) is 38.9 Å². The van der Waals surface area contributed by atoms with Gasteiger partial charge in [-0.1, -0.05) is 89.7 Å². The molecule has 13 aromatic rings. The van der Waals surface area contributed by atoms with Crippen molar-refractivity contribution in [1.82, 2.24) is 59.6 Å². The highest BCUT2D eigenvalue weighted by Gasteiger charge is 2.36. The van der Waals surface area contributed by atoms with Crippen molar-refractivity contribution < 1.29 is 60.0 Å². The minimum absolute atomic E-state index is 0.159. The van der Waals surface area contributed by atoms with E-state index in [1.54, 1.807) is 155 Å². The molecule has 0 spiro atoms. The summed E-state index contributed by atoms with van der Waals surface area (Å²) in [5.41, 5.74) is 8.81. The van der Waals surface area contributed by atoms with E-state index in [4.69, 9.17) is 70.1 Å². The molecule has 4 fully saturated rings. The van der Waals surface area contributed by atoms with E-state index in [1.807, 2.05) is 127 Å². The third kappa shape index (κ3) is 29.3. The number of rotatable bonds is 34. The molecule has 17 rings (SSSR count). The zero-order chi connectivity index (χ0) is 106. The molecule has 0 unspecified atom stereocenters. The predicted octanol–water partition coefficient (Wildman–Crippen LogP) is 20.1. The maximum atomic E-state index is 13.3. The first-order valence-corrected chi connectivity index (χ1v) is 61.1. The molecule has 45 heteroatoms. The number of carbonyl (C=O) groups is 2. The Kier molecular flexibility index (Phi) is 37.2. The maximum absolute atomic E-state index is 13.3. The van der Waals surface area contributed by atoms with E-state index >= 15 is 0 Å². The van der Waals surface area contributed by atoms with Crippen molar-refractivity contribution in [2.45, 2.75) is 50.2 Å². The van der Waals surface area contributed by atoms with Crippen LogP contribution in [0.4, 0.5) is 110 Å². The Morgan fingerprint density at radius 1 is 0.405 bits per heavy atom. The van der Waals surface area contributed by atoms with Crippen molar-refractivity contribution in [3.8, 4) is 34.4 Å². The van der Waals surface area contributed by atoms with Crippen molar-refractivity contribution in [1.29, 1.82) is 0 Å². The number of methoxy groups -OCH3 is 4. The lowest BCUT2D eigenvalue weighted by molar-refractivity contribution is -0.132. The number of nitrogens with zero attached hydrogens (tertiary/aromatic N) is 15. The van der Waals surface area contributed by atoms with E-state index in [-0.39, 0.29) is 33.4 Å². The molecular weight excluding hydrogens is 2070 g/mol. The molecule has 36 nitrogen and oxygen atoms in total. The van der Waals surface area contributed by atoms with E-state index in [2.05, 4.69) is 112 Å². The van der Waals surface area contributed by atoms with Crippen molar-refractivity contribution in [2.75, 3.05) is 224 Å². The van der Waals surface area contributed by atoms with E-state index in [0.717, 1.165) is 109 Å². The monoisotopic (exact) mass is 2180 g/mol. The van der Waals surface area contributed by atoms with Gasteiger partial charge in [0.1, 0.15) is 77.4 Å². The second-order valence-corrected chi connectivity index (χ2v) is 53.7. The Hall–Kier alpha value is -12.8. The summed E-state index contributed by atoms with van der Waals surface area (Å²) in [6.07, 6.45) is 12.0. The number of ketones is 1. The summed E-state index contributed by atoms with van der Waals surface area (Å²) in [6.45, 7) is 28.4. The molecule has 3 aliphatic heterocycles. The fourth-order valence-corrected chi connectivity index (χ4v) is 21.8. The average Bonchev–Trinajstić information content (AvgIpc) is 1.22. The van der Waals surface area contributed by atoms with Crippen LogP contribution in [-0.2, 0) is 42.4 Å². The lowest BCUT2D eigenvalue weighted by Crippen LogP contribution is -2.49. The molecule has 8 aromatic carbocycles.